The normalized spacial score (nSPS) is 11.8. The number of rotatable bonds is 29. The van der Waals surface area contributed by atoms with E-state index in [-0.39, 0.29) is 50.2 Å². The van der Waals surface area contributed by atoms with Gasteiger partial charge < -0.3 is 49.1 Å². The Kier molecular flexibility index (Phi) is 31.4. The molecule has 0 spiro atoms. The maximum absolute atomic E-state index is 12.7. The van der Waals surface area contributed by atoms with Gasteiger partial charge in [0.2, 0.25) is 5.91 Å². The molecule has 322 valence electrons. The predicted molar refractivity (Wildman–Crippen MR) is 211 cm³/mol. The molecule has 2 atom stereocenters. The Morgan fingerprint density at radius 2 is 1.16 bits per heavy atom. The molecular formula is C41H65N3O13. The van der Waals surface area contributed by atoms with Crippen LogP contribution in [0.4, 0.5) is 5.69 Å². The van der Waals surface area contributed by atoms with E-state index in [9.17, 15) is 19.2 Å². The number of benzene rings is 1. The van der Waals surface area contributed by atoms with Crippen LogP contribution in [0.25, 0.3) is 0 Å². The Morgan fingerprint density at radius 1 is 0.702 bits per heavy atom. The van der Waals surface area contributed by atoms with E-state index in [1.807, 2.05) is 19.1 Å². The van der Waals surface area contributed by atoms with Crippen LogP contribution >= 0.6 is 0 Å². The van der Waals surface area contributed by atoms with Crippen molar-refractivity contribution in [3.05, 3.63) is 23.8 Å². The van der Waals surface area contributed by atoms with Gasteiger partial charge in [-0.3, -0.25) is 19.2 Å². The summed E-state index contributed by atoms with van der Waals surface area (Å²) in [4.78, 5) is 64.1. The Hall–Kier alpha value is -4.20. The molecule has 0 heterocycles. The second-order valence-corrected chi connectivity index (χ2v) is 14.1. The van der Waals surface area contributed by atoms with Gasteiger partial charge in [-0.2, -0.15) is 9.59 Å². The molecule has 0 aliphatic carbocycles. The molecule has 0 aliphatic heterocycles. The lowest BCUT2D eigenvalue weighted by molar-refractivity contribution is -0.191. The quantitative estimate of drug-likeness (QED) is 0.0461. The van der Waals surface area contributed by atoms with Gasteiger partial charge >= 0.3 is 12.1 Å². The molecule has 0 aliphatic rings. The summed E-state index contributed by atoms with van der Waals surface area (Å²) in [6.07, 6.45) is 3.27. The van der Waals surface area contributed by atoms with Gasteiger partial charge in [0.05, 0.1) is 84.8 Å². The van der Waals surface area contributed by atoms with Crippen LogP contribution in [-0.4, -0.2) is 122 Å². The van der Waals surface area contributed by atoms with Crippen molar-refractivity contribution in [2.24, 2.45) is 17.3 Å². The third kappa shape index (κ3) is 31.6. The van der Waals surface area contributed by atoms with Crippen molar-refractivity contribution in [2.75, 3.05) is 97.7 Å². The molecule has 16 nitrogen and oxygen atoms in total. The van der Waals surface area contributed by atoms with E-state index in [0.717, 1.165) is 31.4 Å². The summed E-state index contributed by atoms with van der Waals surface area (Å²) < 4.78 is 37.8. The minimum absolute atomic E-state index is 0.120. The molecule has 0 bridgehead atoms. The second kappa shape index (κ2) is 33.9. The number of carbonyl (C=O) groups is 4. The molecule has 0 radical (unpaired) electrons. The average Bonchev–Trinajstić information content (AvgIpc) is 3.14. The van der Waals surface area contributed by atoms with Crippen molar-refractivity contribution < 1.29 is 61.9 Å². The number of ether oxygens (including phenoxy) is 7. The fraction of sp³-hybridized carbons (Fsp3) is 0.683. The van der Waals surface area contributed by atoms with Gasteiger partial charge in [-0.05, 0) is 54.2 Å². The fourth-order valence-corrected chi connectivity index (χ4v) is 4.77. The number of anilines is 1. The number of carbonyl (C=O) groups excluding carboxylic acids is 6. The van der Waals surface area contributed by atoms with Gasteiger partial charge in [0.1, 0.15) is 0 Å². The largest absolute Gasteiger partial charge is 0.424 e. The van der Waals surface area contributed by atoms with E-state index in [0.29, 0.717) is 82.7 Å². The lowest BCUT2D eigenvalue weighted by Gasteiger charge is -2.29. The summed E-state index contributed by atoms with van der Waals surface area (Å²) in [5, 5.41) is 7.97. The van der Waals surface area contributed by atoms with Gasteiger partial charge in [-0.25, -0.2) is 0 Å². The first-order valence-corrected chi connectivity index (χ1v) is 19.4. The summed E-state index contributed by atoms with van der Waals surface area (Å²) in [6, 6.07) is 5.54. The monoisotopic (exact) mass is 807 g/mol. The number of hydrogen-bond donors (Lipinski definition) is 3. The summed E-state index contributed by atoms with van der Waals surface area (Å²) >= 11 is 0. The molecule has 3 amide bonds. The van der Waals surface area contributed by atoms with Crippen molar-refractivity contribution >= 4 is 35.5 Å². The molecule has 57 heavy (non-hydrogen) atoms. The predicted octanol–water partition coefficient (Wildman–Crippen LogP) is 3.35. The Balaban J connectivity index is 0.0000101. The zero-order valence-electron chi connectivity index (χ0n) is 34.9. The summed E-state index contributed by atoms with van der Waals surface area (Å²) in [6.45, 7) is 19.8. The van der Waals surface area contributed by atoms with Crippen LogP contribution in [0.2, 0.25) is 0 Å². The molecule has 0 saturated carbocycles. The maximum Gasteiger partial charge on any atom is 0.373 e. The highest BCUT2D eigenvalue weighted by atomic mass is 16.6. The van der Waals surface area contributed by atoms with Gasteiger partial charge in [-0.15, -0.1) is 0 Å². The van der Waals surface area contributed by atoms with E-state index in [4.69, 9.17) is 42.7 Å². The highest BCUT2D eigenvalue weighted by molar-refractivity contribution is 6.02. The Morgan fingerprint density at radius 3 is 1.61 bits per heavy atom. The van der Waals surface area contributed by atoms with Crippen LogP contribution < -0.4 is 20.7 Å². The molecule has 1 aromatic rings. The van der Waals surface area contributed by atoms with E-state index in [1.165, 1.54) is 6.92 Å². The SMILES string of the molecule is CCCOCCOCCOCCNC(=O)C#CC(=O)NCCOCCOCCOCCC(=O)Nc1cc(C[C@H](C)CC(C)C(C)(C)C)ccc1OC(C)=O.O=C=O. The van der Waals surface area contributed by atoms with Crippen LogP contribution in [0.1, 0.15) is 73.3 Å². The molecule has 0 fully saturated rings. The van der Waals surface area contributed by atoms with Gasteiger partial charge in [-0.1, -0.05) is 47.6 Å². The number of esters is 1. The first kappa shape index (κ1) is 52.8. The fourth-order valence-electron chi connectivity index (χ4n) is 4.77. The average molecular weight is 808 g/mol. The highest BCUT2D eigenvalue weighted by Gasteiger charge is 2.22. The Bertz CT molecular complexity index is 1380. The van der Waals surface area contributed by atoms with Crippen molar-refractivity contribution in [3.8, 4) is 17.6 Å². The van der Waals surface area contributed by atoms with Crippen LogP contribution in [0.3, 0.4) is 0 Å². The van der Waals surface area contributed by atoms with Crippen molar-refractivity contribution in [3.63, 3.8) is 0 Å². The van der Waals surface area contributed by atoms with Crippen molar-refractivity contribution in [1.82, 2.24) is 10.6 Å². The minimum atomic E-state index is -0.586. The van der Waals surface area contributed by atoms with Crippen LogP contribution in [0.5, 0.6) is 5.75 Å². The lowest BCUT2D eigenvalue weighted by atomic mass is 9.76. The number of hydrogen-bond acceptors (Lipinski definition) is 13. The van der Waals surface area contributed by atoms with E-state index in [2.05, 4.69) is 62.4 Å². The van der Waals surface area contributed by atoms with Gasteiger partial charge in [0.15, 0.2) is 5.75 Å². The molecule has 0 saturated heterocycles. The number of amides is 3. The molecule has 0 aromatic heterocycles. The third-order valence-electron chi connectivity index (χ3n) is 8.05. The first-order valence-electron chi connectivity index (χ1n) is 19.4. The van der Waals surface area contributed by atoms with E-state index < -0.39 is 17.8 Å². The zero-order chi connectivity index (χ0) is 42.7. The molecule has 1 aromatic carbocycles. The van der Waals surface area contributed by atoms with Gasteiger partial charge in [0, 0.05) is 38.5 Å². The summed E-state index contributed by atoms with van der Waals surface area (Å²) in [7, 11) is 0. The zero-order valence-corrected chi connectivity index (χ0v) is 34.9. The lowest BCUT2D eigenvalue weighted by Crippen LogP contribution is -2.28. The summed E-state index contributed by atoms with van der Waals surface area (Å²) in [5.74, 6) is 3.90. The molecular weight excluding hydrogens is 742 g/mol. The molecule has 16 heteroatoms. The summed E-state index contributed by atoms with van der Waals surface area (Å²) in [5.41, 5.74) is 1.75. The molecule has 1 rings (SSSR count). The van der Waals surface area contributed by atoms with Crippen LogP contribution in [-0.2, 0) is 63.6 Å². The topological polar surface area (TPSA) is 203 Å². The van der Waals surface area contributed by atoms with E-state index >= 15 is 0 Å². The highest BCUT2D eigenvalue weighted by Crippen LogP contribution is 2.33. The standard InChI is InChI=1S/C40H65N3O11.CO2/c1-8-16-48-20-24-52-26-22-50-18-14-41-37(45)11-12-38(46)42-15-19-51-23-27-53-25-21-49-17-13-39(47)43-35-30-34(9-10-36(35)54-33(4)44)29-31(2)28-32(3)40(5,6)7;2-1-3/h9-10,30-32H,8,13-29H2,1-7H3,(H,41,45)(H,42,46)(H,43,47);/t31-,32?;/m1./s1. The smallest absolute Gasteiger partial charge is 0.373 e. The first-order chi connectivity index (χ1) is 27.2. The van der Waals surface area contributed by atoms with Crippen LogP contribution in [0, 0.1) is 29.1 Å². The van der Waals surface area contributed by atoms with Crippen molar-refractivity contribution in [1.29, 1.82) is 0 Å². The van der Waals surface area contributed by atoms with E-state index in [1.54, 1.807) is 6.07 Å². The van der Waals surface area contributed by atoms with Crippen LogP contribution in [0.15, 0.2) is 18.2 Å². The number of nitrogens with one attached hydrogen (secondary N) is 3. The minimum Gasteiger partial charge on any atom is -0.424 e. The third-order valence-corrected chi connectivity index (χ3v) is 8.05. The van der Waals surface area contributed by atoms with Gasteiger partial charge in [0.25, 0.3) is 11.8 Å². The molecule has 3 N–H and O–H groups in total. The second-order valence-electron chi connectivity index (χ2n) is 14.1. The van der Waals surface area contributed by atoms with Crippen molar-refractivity contribution in [2.45, 2.75) is 74.1 Å². The molecule has 1 unspecified atom stereocenters. The maximum atomic E-state index is 12.7. The Labute approximate surface area is 338 Å².